The van der Waals surface area contributed by atoms with Gasteiger partial charge in [-0.15, -0.1) is 11.8 Å². The van der Waals surface area contributed by atoms with Crippen LogP contribution in [0.5, 0.6) is 0 Å². The molecule has 7 heteroatoms. The first-order valence-corrected chi connectivity index (χ1v) is 9.78. The van der Waals surface area contributed by atoms with Gasteiger partial charge >= 0.3 is 6.18 Å². The number of hydrogen-bond donors (Lipinski definition) is 2. The van der Waals surface area contributed by atoms with Gasteiger partial charge in [-0.3, -0.25) is 10.3 Å². The summed E-state index contributed by atoms with van der Waals surface area (Å²) in [6.45, 7) is 1.82. The first-order chi connectivity index (χ1) is 12.8. The van der Waals surface area contributed by atoms with E-state index >= 15 is 0 Å². The number of nitrogens with one attached hydrogen (secondary N) is 2. The van der Waals surface area contributed by atoms with E-state index in [0.29, 0.717) is 11.3 Å². The van der Waals surface area contributed by atoms with Gasteiger partial charge in [-0.25, -0.2) is 0 Å². The molecule has 144 valence electrons. The molecule has 2 N–H and O–H groups in total. The highest BCUT2D eigenvalue weighted by molar-refractivity contribution is 7.98. The minimum absolute atomic E-state index is 0.473. The molecule has 3 rings (SSSR count). The fourth-order valence-electron chi connectivity index (χ4n) is 2.88. The van der Waals surface area contributed by atoms with Crippen molar-refractivity contribution in [3.8, 4) is 0 Å². The standard InChI is InChI=1S/C20H22F3N3S/c1-26(2)16-7-8-17(19-24-9-4-10-25-19)18(12-16)27-13-14-5-3-6-15(11-14)20(21,22)23/h3,5-8,11-12H,4,9-10,13H2,1-2H3,(H,24,25)/p+1. The highest BCUT2D eigenvalue weighted by Crippen LogP contribution is 2.33. The van der Waals surface area contributed by atoms with Crippen molar-refractivity contribution >= 4 is 23.3 Å². The summed E-state index contributed by atoms with van der Waals surface area (Å²) in [7, 11) is 3.95. The van der Waals surface area contributed by atoms with E-state index in [2.05, 4.69) is 28.5 Å². The molecule has 0 aliphatic carbocycles. The lowest BCUT2D eigenvalue weighted by atomic mass is 10.1. The molecule has 0 saturated carbocycles. The molecule has 0 spiro atoms. The topological polar surface area (TPSA) is 29.2 Å². The lowest BCUT2D eigenvalue weighted by Gasteiger charge is -2.17. The second-order valence-corrected chi connectivity index (χ2v) is 7.66. The van der Waals surface area contributed by atoms with E-state index < -0.39 is 11.7 Å². The Kier molecular flexibility index (Phi) is 5.99. The van der Waals surface area contributed by atoms with Gasteiger partial charge in [0.25, 0.3) is 5.84 Å². The van der Waals surface area contributed by atoms with Gasteiger partial charge in [-0.1, -0.05) is 18.2 Å². The normalized spacial score (nSPS) is 14.5. The summed E-state index contributed by atoms with van der Waals surface area (Å²) in [4.78, 5) is 6.44. The van der Waals surface area contributed by atoms with Crippen LogP contribution in [0.1, 0.15) is 23.1 Å². The number of amidine groups is 1. The first-order valence-electron chi connectivity index (χ1n) is 8.80. The predicted octanol–water partition coefficient (Wildman–Crippen LogP) is 2.88. The van der Waals surface area contributed by atoms with Gasteiger partial charge in [0, 0.05) is 36.9 Å². The van der Waals surface area contributed by atoms with E-state index in [4.69, 9.17) is 0 Å². The number of thioether (sulfide) groups is 1. The SMILES string of the molecule is CN(C)c1ccc(C2=[NH+]CCCN2)c(SCc2cccc(C(F)(F)F)c2)c1. The number of anilines is 1. The number of rotatable bonds is 5. The second-order valence-electron chi connectivity index (χ2n) is 6.64. The molecule has 27 heavy (non-hydrogen) atoms. The third kappa shape index (κ3) is 4.97. The van der Waals surface area contributed by atoms with Crippen LogP contribution in [0.15, 0.2) is 47.4 Å². The van der Waals surface area contributed by atoms with E-state index in [1.54, 1.807) is 17.8 Å². The van der Waals surface area contributed by atoms with Crippen molar-refractivity contribution in [2.24, 2.45) is 0 Å². The summed E-state index contributed by atoms with van der Waals surface area (Å²) in [5.74, 6) is 1.46. The van der Waals surface area contributed by atoms with Crippen LogP contribution < -0.4 is 15.2 Å². The summed E-state index contributed by atoms with van der Waals surface area (Å²) >= 11 is 1.55. The number of benzene rings is 2. The quantitative estimate of drug-likeness (QED) is 0.765. The molecule has 2 aromatic carbocycles. The minimum Gasteiger partial charge on any atom is -0.378 e. The summed E-state index contributed by atoms with van der Waals surface area (Å²) < 4.78 is 38.8. The Hall–Kier alpha value is -2.15. The van der Waals surface area contributed by atoms with Crippen molar-refractivity contribution in [2.45, 2.75) is 23.2 Å². The lowest BCUT2D eigenvalue weighted by molar-refractivity contribution is -0.463. The maximum atomic E-state index is 12.9. The summed E-state index contributed by atoms with van der Waals surface area (Å²) in [5, 5.41) is 3.38. The molecule has 0 aromatic heterocycles. The number of nitrogens with zero attached hydrogens (tertiary/aromatic N) is 1. The van der Waals surface area contributed by atoms with Gasteiger partial charge in [0.15, 0.2) is 0 Å². The third-order valence-electron chi connectivity index (χ3n) is 4.36. The van der Waals surface area contributed by atoms with Crippen LogP contribution in [0.4, 0.5) is 18.9 Å². The number of alkyl halides is 3. The predicted molar refractivity (Wildman–Crippen MR) is 104 cm³/mol. The van der Waals surface area contributed by atoms with Gasteiger partial charge in [0.1, 0.15) is 0 Å². The van der Waals surface area contributed by atoms with Crippen LogP contribution in [0.25, 0.3) is 0 Å². The Labute approximate surface area is 161 Å². The van der Waals surface area contributed by atoms with E-state index in [-0.39, 0.29) is 0 Å². The van der Waals surface area contributed by atoms with E-state index in [0.717, 1.165) is 47.6 Å². The highest BCUT2D eigenvalue weighted by Gasteiger charge is 2.30. The van der Waals surface area contributed by atoms with Crippen LogP contribution in [-0.4, -0.2) is 33.0 Å². The molecular weight excluding hydrogens is 371 g/mol. The van der Waals surface area contributed by atoms with Gasteiger partial charge in [-0.2, -0.15) is 13.2 Å². The molecule has 0 unspecified atom stereocenters. The second kappa shape index (κ2) is 8.25. The summed E-state index contributed by atoms with van der Waals surface area (Å²) in [6, 6.07) is 11.7. The molecule has 0 saturated heterocycles. The maximum Gasteiger partial charge on any atom is 0.416 e. The zero-order valence-corrected chi connectivity index (χ0v) is 16.2. The van der Waals surface area contributed by atoms with Gasteiger partial charge < -0.3 is 4.90 Å². The molecule has 1 aliphatic rings. The van der Waals surface area contributed by atoms with Gasteiger partial charge in [0.2, 0.25) is 0 Å². The Bertz CT molecular complexity index is 831. The van der Waals surface area contributed by atoms with Crippen LogP contribution in [0.2, 0.25) is 0 Å². The van der Waals surface area contributed by atoms with Crippen LogP contribution in [-0.2, 0) is 11.9 Å². The van der Waals surface area contributed by atoms with Crippen molar-refractivity contribution in [1.82, 2.24) is 5.32 Å². The molecule has 2 aromatic rings. The molecule has 1 heterocycles. The molecule has 3 nitrogen and oxygen atoms in total. The Balaban J connectivity index is 1.86. The monoisotopic (exact) mass is 394 g/mol. The smallest absolute Gasteiger partial charge is 0.378 e. The van der Waals surface area contributed by atoms with E-state index in [1.165, 1.54) is 12.1 Å². The maximum absolute atomic E-state index is 12.9. The van der Waals surface area contributed by atoms with E-state index in [1.807, 2.05) is 19.0 Å². The van der Waals surface area contributed by atoms with Crippen LogP contribution >= 0.6 is 11.8 Å². The van der Waals surface area contributed by atoms with Gasteiger partial charge in [-0.05, 0) is 29.8 Å². The summed E-state index contributed by atoms with van der Waals surface area (Å²) in [6.07, 6.45) is -3.26. The Morgan fingerprint density at radius 3 is 2.63 bits per heavy atom. The van der Waals surface area contributed by atoms with E-state index in [9.17, 15) is 13.2 Å². The minimum atomic E-state index is -4.32. The van der Waals surface area contributed by atoms with Crippen LogP contribution in [0.3, 0.4) is 0 Å². The summed E-state index contributed by atoms with van der Waals surface area (Å²) in [5.41, 5.74) is 2.16. The average molecular weight is 394 g/mol. The molecule has 0 radical (unpaired) electrons. The molecule has 1 aliphatic heterocycles. The van der Waals surface area contributed by atoms with Crippen molar-refractivity contribution in [3.63, 3.8) is 0 Å². The number of halogens is 3. The molecule has 0 fully saturated rings. The molecular formula is C20H23F3N3S+. The fraction of sp³-hybridized carbons (Fsp3) is 0.350. The van der Waals surface area contributed by atoms with Crippen LogP contribution in [0, 0.1) is 0 Å². The molecule has 0 atom stereocenters. The van der Waals surface area contributed by atoms with Gasteiger partial charge in [0.05, 0.1) is 24.2 Å². The largest absolute Gasteiger partial charge is 0.416 e. The fourth-order valence-corrected chi connectivity index (χ4v) is 3.91. The molecule has 0 amide bonds. The number of hydrogen-bond acceptors (Lipinski definition) is 3. The average Bonchev–Trinajstić information content (AvgIpc) is 2.66. The van der Waals surface area contributed by atoms with Crippen molar-refractivity contribution in [3.05, 3.63) is 59.2 Å². The highest BCUT2D eigenvalue weighted by atomic mass is 32.2. The molecule has 0 bridgehead atoms. The first kappa shape index (κ1) is 19.6. The lowest BCUT2D eigenvalue weighted by Crippen LogP contribution is -2.79. The Morgan fingerprint density at radius 1 is 1.15 bits per heavy atom. The Morgan fingerprint density at radius 2 is 1.96 bits per heavy atom. The zero-order valence-electron chi connectivity index (χ0n) is 15.4. The van der Waals surface area contributed by atoms with Crippen molar-refractivity contribution in [2.75, 3.05) is 32.1 Å². The van der Waals surface area contributed by atoms with Crippen molar-refractivity contribution in [1.29, 1.82) is 0 Å². The third-order valence-corrected chi connectivity index (χ3v) is 5.48. The van der Waals surface area contributed by atoms with Crippen molar-refractivity contribution < 1.29 is 18.2 Å². The zero-order chi connectivity index (χ0) is 19.4.